The summed E-state index contributed by atoms with van der Waals surface area (Å²) in [7, 11) is -3.56. The van der Waals surface area contributed by atoms with Gasteiger partial charge in [-0.2, -0.15) is 4.31 Å². The van der Waals surface area contributed by atoms with E-state index in [0.717, 1.165) is 4.47 Å². The highest BCUT2D eigenvalue weighted by Crippen LogP contribution is 2.28. The molecule has 1 aliphatic rings. The molecule has 0 spiro atoms. The lowest BCUT2D eigenvalue weighted by Gasteiger charge is -2.33. The normalized spacial score (nSPS) is 18.4. The molecule has 112 valence electrons. The number of aliphatic hydroxyl groups is 1. The van der Waals surface area contributed by atoms with Gasteiger partial charge in [0.1, 0.15) is 4.90 Å². The Kier molecular flexibility index (Phi) is 5.44. The van der Waals surface area contributed by atoms with Crippen molar-refractivity contribution in [2.75, 3.05) is 39.3 Å². The van der Waals surface area contributed by atoms with Gasteiger partial charge in [-0.3, -0.25) is 4.90 Å². The van der Waals surface area contributed by atoms with E-state index in [1.165, 1.54) is 10.4 Å². The fourth-order valence-electron chi connectivity index (χ4n) is 2.16. The lowest BCUT2D eigenvalue weighted by Crippen LogP contribution is -2.49. The van der Waals surface area contributed by atoms with Crippen molar-refractivity contribution in [3.8, 4) is 0 Å². The van der Waals surface area contributed by atoms with E-state index in [9.17, 15) is 8.42 Å². The van der Waals surface area contributed by atoms with Gasteiger partial charge in [-0.05, 0) is 18.2 Å². The number of hydrogen-bond donors (Lipinski definition) is 1. The molecule has 0 aromatic heterocycles. The number of sulfonamides is 1. The van der Waals surface area contributed by atoms with E-state index in [4.69, 9.17) is 16.7 Å². The molecule has 1 aromatic rings. The van der Waals surface area contributed by atoms with E-state index in [1.54, 1.807) is 12.1 Å². The molecule has 1 N–H and O–H groups in total. The molecule has 2 rings (SSSR count). The molecule has 0 amide bonds. The third-order valence-electron chi connectivity index (χ3n) is 3.26. The first-order chi connectivity index (χ1) is 9.45. The molecule has 0 unspecified atom stereocenters. The van der Waals surface area contributed by atoms with Crippen LogP contribution < -0.4 is 0 Å². The lowest BCUT2D eigenvalue weighted by atomic mass is 10.3. The van der Waals surface area contributed by atoms with E-state index >= 15 is 0 Å². The van der Waals surface area contributed by atoms with E-state index in [2.05, 4.69) is 15.9 Å². The summed E-state index contributed by atoms with van der Waals surface area (Å²) in [4.78, 5) is 2.17. The Morgan fingerprint density at radius 2 is 1.90 bits per heavy atom. The summed E-state index contributed by atoms with van der Waals surface area (Å²) < 4.78 is 27.3. The number of hydrogen-bond acceptors (Lipinski definition) is 4. The van der Waals surface area contributed by atoms with Crippen LogP contribution in [0.3, 0.4) is 0 Å². The maximum absolute atomic E-state index is 12.5. The summed E-state index contributed by atoms with van der Waals surface area (Å²) in [6, 6.07) is 4.76. The Morgan fingerprint density at radius 1 is 1.25 bits per heavy atom. The first kappa shape index (κ1) is 16.2. The lowest BCUT2D eigenvalue weighted by molar-refractivity contribution is 0.151. The van der Waals surface area contributed by atoms with Crippen molar-refractivity contribution in [2.45, 2.75) is 4.90 Å². The summed E-state index contributed by atoms with van der Waals surface area (Å²) in [5.74, 6) is 0. The van der Waals surface area contributed by atoms with Gasteiger partial charge >= 0.3 is 0 Å². The average molecular weight is 384 g/mol. The van der Waals surface area contributed by atoms with Crippen LogP contribution in [0.15, 0.2) is 27.6 Å². The zero-order chi connectivity index (χ0) is 14.8. The van der Waals surface area contributed by atoms with Crippen molar-refractivity contribution in [3.63, 3.8) is 0 Å². The zero-order valence-corrected chi connectivity index (χ0v) is 14.0. The van der Waals surface area contributed by atoms with Gasteiger partial charge in [0.05, 0.1) is 11.6 Å². The van der Waals surface area contributed by atoms with Gasteiger partial charge in [-0.15, -0.1) is 0 Å². The highest BCUT2D eigenvalue weighted by Gasteiger charge is 2.29. The molecule has 0 saturated carbocycles. The van der Waals surface area contributed by atoms with E-state index in [-0.39, 0.29) is 16.5 Å². The standard InChI is InChI=1S/C12H16BrClN2O3S/c13-10-1-2-12(11(14)9-10)20(18,19)16-5-3-15(4-6-16)7-8-17/h1-2,9,17H,3-8H2. The van der Waals surface area contributed by atoms with E-state index in [0.29, 0.717) is 32.7 Å². The molecule has 1 aliphatic heterocycles. The second kappa shape index (κ2) is 6.72. The second-order valence-corrected chi connectivity index (χ2v) is 7.77. The maximum Gasteiger partial charge on any atom is 0.244 e. The van der Waals surface area contributed by atoms with Crippen LogP contribution in [0, 0.1) is 0 Å². The number of aliphatic hydroxyl groups excluding tert-OH is 1. The summed E-state index contributed by atoms with van der Waals surface area (Å²) in [5.41, 5.74) is 0. The molecule has 1 heterocycles. The van der Waals surface area contributed by atoms with Crippen LogP contribution in [0.5, 0.6) is 0 Å². The van der Waals surface area contributed by atoms with Crippen LogP contribution in [-0.4, -0.2) is 62.1 Å². The fraction of sp³-hybridized carbons (Fsp3) is 0.500. The zero-order valence-electron chi connectivity index (χ0n) is 10.8. The Balaban J connectivity index is 2.15. The van der Waals surface area contributed by atoms with Crippen LogP contribution in [0.2, 0.25) is 5.02 Å². The summed E-state index contributed by atoms with van der Waals surface area (Å²) in [6.45, 7) is 2.73. The highest BCUT2D eigenvalue weighted by atomic mass is 79.9. The van der Waals surface area contributed by atoms with Crippen molar-refractivity contribution in [3.05, 3.63) is 27.7 Å². The van der Waals surface area contributed by atoms with Gasteiger partial charge < -0.3 is 5.11 Å². The third kappa shape index (κ3) is 3.52. The summed E-state index contributed by atoms with van der Waals surface area (Å²) in [6.07, 6.45) is 0. The minimum Gasteiger partial charge on any atom is -0.395 e. The SMILES string of the molecule is O=S(=O)(c1ccc(Br)cc1Cl)N1CCN(CCO)CC1. The van der Waals surface area contributed by atoms with Crippen molar-refractivity contribution in [2.24, 2.45) is 0 Å². The third-order valence-corrected chi connectivity index (χ3v) is 6.13. The predicted molar refractivity (Wildman–Crippen MR) is 81.4 cm³/mol. The van der Waals surface area contributed by atoms with Crippen LogP contribution in [-0.2, 0) is 10.0 Å². The molecule has 0 aliphatic carbocycles. The Hall–Kier alpha value is -0.180. The monoisotopic (exact) mass is 382 g/mol. The quantitative estimate of drug-likeness (QED) is 0.854. The van der Waals surface area contributed by atoms with E-state index in [1.807, 2.05) is 4.90 Å². The molecular weight excluding hydrogens is 368 g/mol. The first-order valence-electron chi connectivity index (χ1n) is 6.23. The number of rotatable bonds is 4. The molecule has 5 nitrogen and oxygen atoms in total. The topological polar surface area (TPSA) is 60.9 Å². The van der Waals surface area contributed by atoms with Crippen LogP contribution in [0.25, 0.3) is 0 Å². The van der Waals surface area contributed by atoms with Crippen LogP contribution in [0.4, 0.5) is 0 Å². The van der Waals surface area contributed by atoms with Crippen molar-refractivity contribution in [1.82, 2.24) is 9.21 Å². The van der Waals surface area contributed by atoms with Gasteiger partial charge in [-0.25, -0.2) is 8.42 Å². The van der Waals surface area contributed by atoms with Crippen molar-refractivity contribution in [1.29, 1.82) is 0 Å². The molecule has 0 radical (unpaired) electrons. The number of halogens is 2. The van der Waals surface area contributed by atoms with Gasteiger partial charge in [0.25, 0.3) is 0 Å². The van der Waals surface area contributed by atoms with Gasteiger partial charge in [-0.1, -0.05) is 27.5 Å². The number of piperazine rings is 1. The average Bonchev–Trinajstić information content (AvgIpc) is 2.39. The molecule has 0 bridgehead atoms. The molecule has 1 saturated heterocycles. The minimum absolute atomic E-state index is 0.0886. The van der Waals surface area contributed by atoms with Crippen molar-refractivity contribution >= 4 is 37.6 Å². The van der Waals surface area contributed by atoms with Gasteiger partial charge in [0, 0.05) is 37.2 Å². The number of β-amino-alcohol motifs (C(OH)–C–C–N with tert-alkyl or cyclic N) is 1. The highest BCUT2D eigenvalue weighted by molar-refractivity contribution is 9.10. The van der Waals surface area contributed by atoms with Gasteiger partial charge in [0.15, 0.2) is 0 Å². The molecule has 0 atom stereocenters. The molecule has 1 fully saturated rings. The van der Waals surface area contributed by atoms with E-state index < -0.39 is 10.0 Å². The molecule has 1 aromatic carbocycles. The van der Waals surface area contributed by atoms with Gasteiger partial charge in [0.2, 0.25) is 10.0 Å². The number of nitrogens with zero attached hydrogens (tertiary/aromatic N) is 2. The minimum atomic E-state index is -3.56. The summed E-state index contributed by atoms with van der Waals surface area (Å²) >= 11 is 9.29. The molecular formula is C12H16BrClN2O3S. The molecule has 20 heavy (non-hydrogen) atoms. The molecule has 8 heteroatoms. The second-order valence-electron chi connectivity index (χ2n) is 4.54. The van der Waals surface area contributed by atoms with Crippen LogP contribution >= 0.6 is 27.5 Å². The summed E-state index contributed by atoms with van der Waals surface area (Å²) in [5, 5.41) is 9.11. The van der Waals surface area contributed by atoms with Crippen molar-refractivity contribution < 1.29 is 13.5 Å². The Bertz CT molecular complexity index is 574. The number of benzene rings is 1. The van der Waals surface area contributed by atoms with Crippen LogP contribution in [0.1, 0.15) is 0 Å². The first-order valence-corrected chi connectivity index (χ1v) is 8.84. The Morgan fingerprint density at radius 3 is 2.45 bits per heavy atom. The smallest absolute Gasteiger partial charge is 0.244 e. The largest absolute Gasteiger partial charge is 0.395 e. The fourth-order valence-corrected chi connectivity index (χ4v) is 4.59. The maximum atomic E-state index is 12.5. The predicted octanol–water partition coefficient (Wildman–Crippen LogP) is 1.40. The Labute approximate surface area is 132 Å².